The van der Waals surface area contributed by atoms with Gasteiger partial charge < -0.3 is 4.74 Å². The summed E-state index contributed by atoms with van der Waals surface area (Å²) in [5, 5.41) is 21.9. The fraction of sp³-hybridized carbons (Fsp3) is 0.130. The number of benzene rings is 2. The molecule has 0 fully saturated rings. The lowest BCUT2D eigenvalue weighted by Gasteiger charge is -2.11. The lowest BCUT2D eigenvalue weighted by Crippen LogP contribution is -1.93. The second-order valence-corrected chi connectivity index (χ2v) is 7.73. The van der Waals surface area contributed by atoms with E-state index in [1.165, 1.54) is 16.7 Å². The van der Waals surface area contributed by atoms with Gasteiger partial charge in [-0.3, -0.25) is 5.10 Å². The van der Waals surface area contributed by atoms with Crippen LogP contribution in [0.5, 0.6) is 5.75 Å². The quantitative estimate of drug-likeness (QED) is 0.520. The number of allylic oxidation sites excluding steroid dienone is 1. The molecule has 5 rings (SSSR count). The zero-order valence-electron chi connectivity index (χ0n) is 15.5. The van der Waals surface area contributed by atoms with Gasteiger partial charge in [0.25, 0.3) is 0 Å². The molecule has 0 saturated carbocycles. The topological polar surface area (TPSA) is 61.7 Å². The molecular formula is C23H17N3OS. The Morgan fingerprint density at radius 2 is 2.07 bits per heavy atom. The minimum Gasteiger partial charge on any atom is -0.497 e. The molecule has 28 heavy (non-hydrogen) atoms. The van der Waals surface area contributed by atoms with Crippen molar-refractivity contribution in [2.75, 3.05) is 7.11 Å². The third-order valence-electron chi connectivity index (χ3n) is 5.45. The van der Waals surface area contributed by atoms with E-state index < -0.39 is 0 Å². The first kappa shape index (κ1) is 16.8. The molecule has 2 heterocycles. The Kier molecular flexibility index (Phi) is 3.81. The van der Waals surface area contributed by atoms with Crippen molar-refractivity contribution in [2.45, 2.75) is 13.3 Å². The van der Waals surface area contributed by atoms with Crippen LogP contribution in [0.1, 0.15) is 33.4 Å². The number of hydrogen-bond acceptors (Lipinski definition) is 4. The molecule has 0 unspecified atom stereocenters. The van der Waals surface area contributed by atoms with E-state index in [1.54, 1.807) is 18.4 Å². The highest BCUT2D eigenvalue weighted by Gasteiger charge is 2.28. The second-order valence-electron chi connectivity index (χ2n) is 6.98. The van der Waals surface area contributed by atoms with Crippen molar-refractivity contribution >= 4 is 33.4 Å². The van der Waals surface area contributed by atoms with Crippen molar-refractivity contribution in [3.8, 4) is 11.8 Å². The van der Waals surface area contributed by atoms with Crippen molar-refractivity contribution in [1.29, 1.82) is 5.26 Å². The van der Waals surface area contributed by atoms with Gasteiger partial charge in [0.05, 0.1) is 24.4 Å². The number of rotatable bonds is 3. The molecule has 0 spiro atoms. The summed E-state index contributed by atoms with van der Waals surface area (Å²) in [7, 11) is 1.69. The Bertz CT molecular complexity index is 1300. The van der Waals surface area contributed by atoms with Crippen LogP contribution >= 0.6 is 11.3 Å². The van der Waals surface area contributed by atoms with Gasteiger partial charge in [-0.05, 0) is 76.4 Å². The minimum absolute atomic E-state index is 0.718. The molecule has 0 aliphatic heterocycles. The van der Waals surface area contributed by atoms with Crippen LogP contribution in [0.4, 0.5) is 0 Å². The smallest absolute Gasteiger partial charge is 0.119 e. The molecule has 2 aromatic heterocycles. The largest absolute Gasteiger partial charge is 0.497 e. The van der Waals surface area contributed by atoms with Crippen molar-refractivity contribution in [3.05, 3.63) is 80.7 Å². The summed E-state index contributed by atoms with van der Waals surface area (Å²) in [6.07, 6.45) is 2.69. The fourth-order valence-electron chi connectivity index (χ4n) is 4.05. The highest BCUT2D eigenvalue weighted by Crippen LogP contribution is 2.46. The van der Waals surface area contributed by atoms with Gasteiger partial charge in [-0.1, -0.05) is 6.07 Å². The molecule has 1 aliphatic rings. The van der Waals surface area contributed by atoms with Crippen LogP contribution in [0.15, 0.2) is 47.3 Å². The van der Waals surface area contributed by atoms with Crippen LogP contribution in [0.3, 0.4) is 0 Å². The van der Waals surface area contributed by atoms with Crippen LogP contribution in [0, 0.1) is 18.3 Å². The number of hydrogen-bond donors (Lipinski definition) is 1. The number of H-pyrrole nitrogens is 1. The first-order valence-corrected chi connectivity index (χ1v) is 9.95. The highest BCUT2D eigenvalue weighted by molar-refractivity contribution is 7.08. The lowest BCUT2D eigenvalue weighted by molar-refractivity contribution is 0.414. The Morgan fingerprint density at radius 1 is 1.18 bits per heavy atom. The van der Waals surface area contributed by atoms with E-state index in [-0.39, 0.29) is 0 Å². The molecule has 1 N–H and O–H groups in total. The molecule has 136 valence electrons. The Balaban J connectivity index is 1.81. The molecule has 0 atom stereocenters. The SMILES string of the molecule is COc1cc(C)c2c(c1)C(c1cscc1C#N)=C(c1ccc3[nH]ncc3c1)C2. The van der Waals surface area contributed by atoms with E-state index in [9.17, 15) is 5.26 Å². The summed E-state index contributed by atoms with van der Waals surface area (Å²) in [5.41, 5.74) is 9.95. The monoisotopic (exact) mass is 383 g/mol. The number of fused-ring (bicyclic) bond motifs is 2. The molecule has 1 aliphatic carbocycles. The van der Waals surface area contributed by atoms with E-state index in [4.69, 9.17) is 4.74 Å². The summed E-state index contributed by atoms with van der Waals surface area (Å²) in [6, 6.07) is 12.9. The van der Waals surface area contributed by atoms with E-state index in [1.807, 2.05) is 11.6 Å². The average Bonchev–Trinajstić information content (AvgIpc) is 3.43. The molecule has 0 bridgehead atoms. The Labute approximate surface area is 166 Å². The molecule has 4 aromatic rings. The predicted molar refractivity (Wildman–Crippen MR) is 112 cm³/mol. The van der Waals surface area contributed by atoms with Gasteiger partial charge in [0.15, 0.2) is 0 Å². The maximum Gasteiger partial charge on any atom is 0.119 e. The van der Waals surface area contributed by atoms with Crippen LogP contribution in [-0.2, 0) is 6.42 Å². The predicted octanol–water partition coefficient (Wildman–Crippen LogP) is 5.33. The summed E-state index contributed by atoms with van der Waals surface area (Å²) < 4.78 is 5.53. The first-order chi connectivity index (χ1) is 13.7. The number of nitrogens with one attached hydrogen (secondary N) is 1. The van der Waals surface area contributed by atoms with Crippen LogP contribution in [0.25, 0.3) is 22.0 Å². The Morgan fingerprint density at radius 3 is 2.89 bits per heavy atom. The minimum atomic E-state index is 0.718. The van der Waals surface area contributed by atoms with Gasteiger partial charge in [0.2, 0.25) is 0 Å². The molecule has 0 saturated heterocycles. The number of ether oxygens (including phenoxy) is 1. The van der Waals surface area contributed by atoms with E-state index in [0.717, 1.165) is 50.9 Å². The number of thiophene rings is 1. The van der Waals surface area contributed by atoms with E-state index >= 15 is 0 Å². The average molecular weight is 383 g/mol. The highest BCUT2D eigenvalue weighted by atomic mass is 32.1. The molecule has 5 heteroatoms. The molecular weight excluding hydrogens is 366 g/mol. The number of nitriles is 1. The molecule has 0 amide bonds. The van der Waals surface area contributed by atoms with Crippen LogP contribution in [0.2, 0.25) is 0 Å². The number of nitrogens with zero attached hydrogens (tertiary/aromatic N) is 2. The standard InChI is InChI=1S/C23H17N3OS/c1-13-5-17(27-2)7-20-18(13)8-19(23(20)21-12-28-11-16(21)9-24)14-3-4-22-15(6-14)10-25-26-22/h3-7,10-12H,8H2,1-2H3,(H,25,26). The zero-order chi connectivity index (χ0) is 19.3. The van der Waals surface area contributed by atoms with Crippen molar-refractivity contribution < 1.29 is 4.74 Å². The first-order valence-electron chi connectivity index (χ1n) is 9.01. The maximum absolute atomic E-state index is 9.64. The maximum atomic E-state index is 9.64. The lowest BCUT2D eigenvalue weighted by atomic mass is 9.93. The number of aryl methyl sites for hydroxylation is 1. The van der Waals surface area contributed by atoms with Gasteiger partial charge in [-0.15, -0.1) is 0 Å². The van der Waals surface area contributed by atoms with Gasteiger partial charge >= 0.3 is 0 Å². The van der Waals surface area contributed by atoms with Crippen molar-refractivity contribution in [1.82, 2.24) is 10.2 Å². The van der Waals surface area contributed by atoms with Crippen molar-refractivity contribution in [2.24, 2.45) is 0 Å². The van der Waals surface area contributed by atoms with Crippen LogP contribution in [-0.4, -0.2) is 17.3 Å². The summed E-state index contributed by atoms with van der Waals surface area (Å²) in [5.74, 6) is 0.842. The fourth-order valence-corrected chi connectivity index (χ4v) is 4.81. The molecule has 4 nitrogen and oxygen atoms in total. The zero-order valence-corrected chi connectivity index (χ0v) is 16.4. The number of methoxy groups -OCH3 is 1. The third kappa shape index (κ3) is 2.46. The molecule has 0 radical (unpaired) electrons. The van der Waals surface area contributed by atoms with Gasteiger partial charge in [0, 0.05) is 16.3 Å². The number of aromatic nitrogens is 2. The second kappa shape index (κ2) is 6.36. The van der Waals surface area contributed by atoms with E-state index in [2.05, 4.69) is 58.9 Å². The number of aromatic amines is 1. The van der Waals surface area contributed by atoms with Gasteiger partial charge in [-0.25, -0.2) is 0 Å². The van der Waals surface area contributed by atoms with Gasteiger partial charge in [0.1, 0.15) is 11.8 Å². The summed E-state index contributed by atoms with van der Waals surface area (Å²) in [6.45, 7) is 2.13. The van der Waals surface area contributed by atoms with E-state index in [0.29, 0.717) is 0 Å². The van der Waals surface area contributed by atoms with Crippen molar-refractivity contribution in [3.63, 3.8) is 0 Å². The summed E-state index contributed by atoms with van der Waals surface area (Å²) in [4.78, 5) is 0. The van der Waals surface area contributed by atoms with Gasteiger partial charge in [-0.2, -0.15) is 21.7 Å². The van der Waals surface area contributed by atoms with Crippen LogP contribution < -0.4 is 4.74 Å². The molecule has 2 aromatic carbocycles. The Hall–Kier alpha value is -3.36. The third-order valence-corrected chi connectivity index (χ3v) is 6.19. The normalized spacial score (nSPS) is 13.0. The summed E-state index contributed by atoms with van der Waals surface area (Å²) >= 11 is 1.56.